The number of hydrogen-bond acceptors (Lipinski definition) is 2. The largest absolute Gasteiger partial charge is 0.368 e. The van der Waals surface area contributed by atoms with Gasteiger partial charge in [-0.3, -0.25) is 0 Å². The molecular weight excluding hydrogens is 208 g/mol. The molecule has 1 aliphatic heterocycles. The van der Waals surface area contributed by atoms with Crippen molar-refractivity contribution in [3.05, 3.63) is 29.8 Å². The van der Waals surface area contributed by atoms with E-state index in [4.69, 9.17) is 0 Å². The van der Waals surface area contributed by atoms with Gasteiger partial charge in [0.15, 0.2) is 0 Å². The van der Waals surface area contributed by atoms with E-state index in [9.17, 15) is 0 Å². The quantitative estimate of drug-likeness (QED) is 0.858. The molecule has 2 atom stereocenters. The number of rotatable bonds is 4. The fraction of sp³-hybridized carbons (Fsp3) is 0.600. The average molecular weight is 232 g/mol. The lowest BCUT2D eigenvalue weighted by Crippen LogP contribution is -2.33. The number of nitrogens with one attached hydrogen (secondary N) is 1. The first-order chi connectivity index (χ1) is 8.26. The van der Waals surface area contributed by atoms with Crippen LogP contribution in [0, 0.1) is 5.92 Å². The van der Waals surface area contributed by atoms with Crippen LogP contribution in [0.5, 0.6) is 0 Å². The van der Waals surface area contributed by atoms with Crippen LogP contribution in [0.2, 0.25) is 0 Å². The van der Waals surface area contributed by atoms with Crippen molar-refractivity contribution < 1.29 is 0 Å². The fourth-order valence-electron chi connectivity index (χ4n) is 2.83. The van der Waals surface area contributed by atoms with E-state index in [-0.39, 0.29) is 0 Å². The Labute approximate surface area is 105 Å². The molecule has 0 saturated carbocycles. The highest BCUT2D eigenvalue weighted by atomic mass is 15.2. The van der Waals surface area contributed by atoms with Gasteiger partial charge in [0, 0.05) is 18.3 Å². The minimum absolute atomic E-state index is 0.648. The second-order valence-corrected chi connectivity index (χ2v) is 5.06. The second kappa shape index (κ2) is 5.54. The van der Waals surface area contributed by atoms with Gasteiger partial charge < -0.3 is 10.2 Å². The molecule has 0 aliphatic carbocycles. The Hall–Kier alpha value is -1.02. The first-order valence-corrected chi connectivity index (χ1v) is 6.76. The summed E-state index contributed by atoms with van der Waals surface area (Å²) in [6, 6.07) is 9.71. The van der Waals surface area contributed by atoms with E-state index in [2.05, 4.69) is 48.3 Å². The van der Waals surface area contributed by atoms with Gasteiger partial charge in [0.2, 0.25) is 0 Å². The summed E-state index contributed by atoms with van der Waals surface area (Å²) < 4.78 is 0. The molecular formula is C15H24N2. The van der Waals surface area contributed by atoms with Crippen molar-refractivity contribution in [2.75, 3.05) is 25.0 Å². The molecule has 0 aromatic heterocycles. The minimum Gasteiger partial charge on any atom is -0.368 e. The van der Waals surface area contributed by atoms with Gasteiger partial charge >= 0.3 is 0 Å². The maximum atomic E-state index is 3.30. The molecule has 1 aliphatic rings. The van der Waals surface area contributed by atoms with Crippen LogP contribution in [-0.2, 0) is 6.42 Å². The Bertz CT molecular complexity index is 344. The predicted molar refractivity (Wildman–Crippen MR) is 74.7 cm³/mol. The number of anilines is 1. The highest BCUT2D eigenvalue weighted by molar-refractivity contribution is 5.49. The maximum absolute atomic E-state index is 3.30. The van der Waals surface area contributed by atoms with Crippen molar-refractivity contribution in [2.45, 2.75) is 32.7 Å². The van der Waals surface area contributed by atoms with Gasteiger partial charge in [-0.1, -0.05) is 19.1 Å². The van der Waals surface area contributed by atoms with Crippen LogP contribution in [0.3, 0.4) is 0 Å². The minimum atomic E-state index is 0.648. The Morgan fingerprint density at radius 3 is 2.59 bits per heavy atom. The number of benzene rings is 1. The summed E-state index contributed by atoms with van der Waals surface area (Å²) in [7, 11) is 2.05. The zero-order valence-corrected chi connectivity index (χ0v) is 11.2. The van der Waals surface area contributed by atoms with Crippen LogP contribution in [0.1, 0.15) is 25.8 Å². The molecule has 0 spiro atoms. The van der Waals surface area contributed by atoms with E-state index in [0.717, 1.165) is 18.9 Å². The molecule has 2 rings (SSSR count). The van der Waals surface area contributed by atoms with Gasteiger partial charge in [-0.2, -0.15) is 0 Å². The van der Waals surface area contributed by atoms with Gasteiger partial charge in [-0.15, -0.1) is 0 Å². The van der Waals surface area contributed by atoms with E-state index in [1.165, 1.54) is 24.2 Å². The van der Waals surface area contributed by atoms with Crippen LogP contribution in [0.15, 0.2) is 24.3 Å². The van der Waals surface area contributed by atoms with Gasteiger partial charge in [-0.25, -0.2) is 0 Å². The van der Waals surface area contributed by atoms with Crippen molar-refractivity contribution in [1.29, 1.82) is 0 Å². The first kappa shape index (κ1) is 12.4. The third-order valence-electron chi connectivity index (χ3n) is 4.06. The monoisotopic (exact) mass is 232 g/mol. The average Bonchev–Trinajstić information content (AvgIpc) is 2.72. The SMILES string of the molecule is CCc1ccc(N2CCC(CNC)C2C)cc1. The predicted octanol–water partition coefficient (Wildman–Crippen LogP) is 2.68. The fourth-order valence-corrected chi connectivity index (χ4v) is 2.83. The summed E-state index contributed by atoms with van der Waals surface area (Å²) in [6.45, 7) is 6.88. The van der Waals surface area contributed by atoms with E-state index < -0.39 is 0 Å². The summed E-state index contributed by atoms with van der Waals surface area (Å²) >= 11 is 0. The Balaban J connectivity index is 2.07. The summed E-state index contributed by atoms with van der Waals surface area (Å²) in [5, 5.41) is 3.30. The van der Waals surface area contributed by atoms with Crippen molar-refractivity contribution >= 4 is 5.69 Å². The third-order valence-corrected chi connectivity index (χ3v) is 4.06. The molecule has 94 valence electrons. The standard InChI is InChI=1S/C15H24N2/c1-4-13-5-7-15(8-6-13)17-10-9-14(11-16-3)12(17)2/h5-8,12,14,16H,4,9-11H2,1-3H3. The van der Waals surface area contributed by atoms with Crippen molar-refractivity contribution in [3.63, 3.8) is 0 Å². The lowest BCUT2D eigenvalue weighted by molar-refractivity contribution is 0.474. The Morgan fingerprint density at radius 2 is 2.00 bits per heavy atom. The lowest BCUT2D eigenvalue weighted by atomic mass is 10.0. The smallest absolute Gasteiger partial charge is 0.0368 e. The summed E-state index contributed by atoms with van der Waals surface area (Å²) in [5.41, 5.74) is 2.81. The van der Waals surface area contributed by atoms with Gasteiger partial charge in [-0.05, 0) is 57.0 Å². The number of nitrogens with zero attached hydrogens (tertiary/aromatic N) is 1. The zero-order chi connectivity index (χ0) is 12.3. The maximum Gasteiger partial charge on any atom is 0.0368 e. The van der Waals surface area contributed by atoms with Gasteiger partial charge in [0.25, 0.3) is 0 Å². The molecule has 1 aromatic rings. The van der Waals surface area contributed by atoms with E-state index in [0.29, 0.717) is 6.04 Å². The van der Waals surface area contributed by atoms with Crippen LogP contribution in [0.25, 0.3) is 0 Å². The van der Waals surface area contributed by atoms with Gasteiger partial charge in [0.05, 0.1) is 0 Å². The topological polar surface area (TPSA) is 15.3 Å². The molecule has 0 radical (unpaired) electrons. The summed E-state index contributed by atoms with van der Waals surface area (Å²) in [5.74, 6) is 0.783. The molecule has 1 saturated heterocycles. The van der Waals surface area contributed by atoms with E-state index >= 15 is 0 Å². The Kier molecular flexibility index (Phi) is 4.06. The van der Waals surface area contributed by atoms with Gasteiger partial charge in [0.1, 0.15) is 0 Å². The van der Waals surface area contributed by atoms with Crippen LogP contribution < -0.4 is 10.2 Å². The summed E-state index contributed by atoms with van der Waals surface area (Å²) in [4.78, 5) is 2.54. The van der Waals surface area contributed by atoms with Crippen molar-refractivity contribution in [1.82, 2.24) is 5.32 Å². The Morgan fingerprint density at radius 1 is 1.29 bits per heavy atom. The highest BCUT2D eigenvalue weighted by Crippen LogP contribution is 2.29. The third kappa shape index (κ3) is 2.63. The molecule has 2 nitrogen and oxygen atoms in total. The summed E-state index contributed by atoms with van der Waals surface area (Å²) in [6.07, 6.45) is 2.43. The van der Waals surface area contributed by atoms with Crippen molar-refractivity contribution in [2.24, 2.45) is 5.92 Å². The molecule has 1 N–H and O–H groups in total. The van der Waals surface area contributed by atoms with Crippen LogP contribution in [0.4, 0.5) is 5.69 Å². The molecule has 2 heteroatoms. The molecule has 1 heterocycles. The molecule has 0 bridgehead atoms. The first-order valence-electron chi connectivity index (χ1n) is 6.76. The number of hydrogen-bond donors (Lipinski definition) is 1. The normalized spacial score (nSPS) is 24.3. The lowest BCUT2D eigenvalue weighted by Gasteiger charge is -2.27. The van der Waals surface area contributed by atoms with Crippen LogP contribution in [-0.4, -0.2) is 26.2 Å². The highest BCUT2D eigenvalue weighted by Gasteiger charge is 2.29. The van der Waals surface area contributed by atoms with E-state index in [1.807, 2.05) is 7.05 Å². The zero-order valence-electron chi connectivity index (χ0n) is 11.2. The molecule has 1 aromatic carbocycles. The molecule has 1 fully saturated rings. The van der Waals surface area contributed by atoms with Crippen molar-refractivity contribution in [3.8, 4) is 0 Å². The second-order valence-electron chi connectivity index (χ2n) is 5.06. The number of aryl methyl sites for hydroxylation is 1. The van der Waals surface area contributed by atoms with E-state index in [1.54, 1.807) is 0 Å². The molecule has 2 unspecified atom stereocenters. The molecule has 0 amide bonds. The van der Waals surface area contributed by atoms with Crippen LogP contribution >= 0.6 is 0 Å². The molecule has 17 heavy (non-hydrogen) atoms.